The summed E-state index contributed by atoms with van der Waals surface area (Å²) in [4.78, 5) is 17.3. The number of rotatable bonds is 8. The Labute approximate surface area is 208 Å². The van der Waals surface area contributed by atoms with Gasteiger partial charge in [-0.05, 0) is 42.5 Å². The molecule has 180 valence electrons. The number of sulfone groups is 1. The van der Waals surface area contributed by atoms with Gasteiger partial charge in [-0.2, -0.15) is 0 Å². The predicted octanol–water partition coefficient (Wildman–Crippen LogP) is 5.69. The minimum atomic E-state index is -3.69. The van der Waals surface area contributed by atoms with Crippen LogP contribution in [0.3, 0.4) is 0 Å². The highest BCUT2D eigenvalue weighted by Crippen LogP contribution is 2.33. The average Bonchev–Trinajstić information content (AvgIpc) is 3.29. The Balaban J connectivity index is 1.39. The molecule has 7 nitrogen and oxygen atoms in total. The molecule has 0 N–H and O–H groups in total. The standard InChI is InChI=1S/C24H26ClN3O4S2/c1-2-3-17-4-6-18(7-5-17)14-19-16-33-24(26-19)27-12-10-20(11-13-27)34(31,32)21-8-9-22(25)23(15-21)28(29)30/h4-9,15-16,20H,2-3,10-14H2,1H3. The summed E-state index contributed by atoms with van der Waals surface area (Å²) in [5.41, 5.74) is 3.18. The van der Waals surface area contributed by atoms with E-state index in [0.717, 1.165) is 36.2 Å². The molecule has 1 fully saturated rings. The van der Waals surface area contributed by atoms with Crippen LogP contribution < -0.4 is 4.90 Å². The van der Waals surface area contributed by atoms with Crippen LogP contribution in [0.15, 0.2) is 52.7 Å². The van der Waals surface area contributed by atoms with Crippen LogP contribution >= 0.6 is 22.9 Å². The highest BCUT2D eigenvalue weighted by Gasteiger charge is 2.33. The van der Waals surface area contributed by atoms with E-state index in [2.05, 4.69) is 41.5 Å². The van der Waals surface area contributed by atoms with Crippen molar-refractivity contribution < 1.29 is 13.3 Å². The molecule has 2 aromatic carbocycles. The molecule has 0 unspecified atom stereocenters. The van der Waals surface area contributed by atoms with Crippen LogP contribution in [0.5, 0.6) is 0 Å². The minimum absolute atomic E-state index is 0.0523. The van der Waals surface area contributed by atoms with Gasteiger partial charge in [0.25, 0.3) is 5.69 Å². The number of aromatic nitrogens is 1. The Kier molecular flexibility index (Phi) is 7.54. The summed E-state index contributed by atoms with van der Waals surface area (Å²) in [6.07, 6.45) is 3.86. The molecule has 1 aromatic heterocycles. The molecule has 0 radical (unpaired) electrons. The van der Waals surface area contributed by atoms with Crippen LogP contribution in [0.25, 0.3) is 0 Å². The summed E-state index contributed by atoms with van der Waals surface area (Å²) in [6, 6.07) is 12.3. The third kappa shape index (κ3) is 5.42. The van der Waals surface area contributed by atoms with Crippen molar-refractivity contribution in [1.82, 2.24) is 4.98 Å². The van der Waals surface area contributed by atoms with Gasteiger partial charge in [0.2, 0.25) is 0 Å². The molecule has 0 saturated carbocycles. The van der Waals surface area contributed by atoms with Gasteiger partial charge in [0.05, 0.1) is 20.8 Å². The second kappa shape index (κ2) is 10.4. The molecule has 0 aliphatic carbocycles. The third-order valence-corrected chi connectivity index (χ3v) is 9.61. The SMILES string of the molecule is CCCc1ccc(Cc2csc(N3CCC(S(=O)(=O)c4ccc(Cl)c([N+](=O)[O-])c4)CC3)n2)cc1. The van der Waals surface area contributed by atoms with E-state index in [1.54, 1.807) is 11.3 Å². The van der Waals surface area contributed by atoms with Gasteiger partial charge < -0.3 is 4.90 Å². The van der Waals surface area contributed by atoms with Crippen molar-refractivity contribution in [1.29, 1.82) is 0 Å². The first-order valence-electron chi connectivity index (χ1n) is 11.2. The van der Waals surface area contributed by atoms with Crippen molar-refractivity contribution in [2.75, 3.05) is 18.0 Å². The Morgan fingerprint density at radius 1 is 1.15 bits per heavy atom. The topological polar surface area (TPSA) is 93.4 Å². The van der Waals surface area contributed by atoms with Crippen molar-refractivity contribution in [2.24, 2.45) is 0 Å². The quantitative estimate of drug-likeness (QED) is 0.280. The van der Waals surface area contributed by atoms with E-state index in [9.17, 15) is 18.5 Å². The highest BCUT2D eigenvalue weighted by molar-refractivity contribution is 7.92. The van der Waals surface area contributed by atoms with Crippen LogP contribution in [0.1, 0.15) is 43.0 Å². The lowest BCUT2D eigenvalue weighted by Gasteiger charge is -2.31. The zero-order valence-electron chi connectivity index (χ0n) is 18.8. The summed E-state index contributed by atoms with van der Waals surface area (Å²) in [6.45, 7) is 3.31. The molecular formula is C24H26ClN3O4S2. The van der Waals surface area contributed by atoms with E-state index in [0.29, 0.717) is 25.9 Å². The molecule has 1 aliphatic heterocycles. The van der Waals surface area contributed by atoms with Crippen molar-refractivity contribution in [3.8, 4) is 0 Å². The lowest BCUT2D eigenvalue weighted by molar-refractivity contribution is -0.384. The first-order valence-corrected chi connectivity index (χ1v) is 14.0. The van der Waals surface area contributed by atoms with Gasteiger partial charge in [-0.1, -0.05) is 49.2 Å². The van der Waals surface area contributed by atoms with Gasteiger partial charge in [0, 0.05) is 31.0 Å². The van der Waals surface area contributed by atoms with Gasteiger partial charge >= 0.3 is 0 Å². The van der Waals surface area contributed by atoms with Gasteiger partial charge in [-0.25, -0.2) is 13.4 Å². The summed E-state index contributed by atoms with van der Waals surface area (Å²) in [5, 5.41) is 13.4. The van der Waals surface area contributed by atoms with Crippen LogP contribution in [0.4, 0.5) is 10.8 Å². The summed E-state index contributed by atoms with van der Waals surface area (Å²) >= 11 is 7.41. The maximum atomic E-state index is 13.1. The van der Waals surface area contributed by atoms with Gasteiger partial charge in [0.1, 0.15) is 5.02 Å². The maximum absolute atomic E-state index is 13.1. The Hall–Kier alpha value is -2.49. The summed E-state index contributed by atoms with van der Waals surface area (Å²) in [7, 11) is -3.69. The zero-order chi connectivity index (χ0) is 24.3. The lowest BCUT2D eigenvalue weighted by atomic mass is 10.1. The predicted molar refractivity (Wildman–Crippen MR) is 136 cm³/mol. The molecule has 0 bridgehead atoms. The first kappa shape index (κ1) is 24.6. The van der Waals surface area contributed by atoms with E-state index in [4.69, 9.17) is 16.6 Å². The number of hydrogen-bond donors (Lipinski definition) is 0. The average molecular weight is 520 g/mol. The summed E-state index contributed by atoms with van der Waals surface area (Å²) in [5.74, 6) is 0. The van der Waals surface area contributed by atoms with Gasteiger partial charge in [0.15, 0.2) is 15.0 Å². The Bertz CT molecular complexity index is 1270. The molecule has 2 heterocycles. The monoisotopic (exact) mass is 519 g/mol. The van der Waals surface area contributed by atoms with Crippen LogP contribution in [0.2, 0.25) is 5.02 Å². The van der Waals surface area contributed by atoms with Gasteiger partial charge in [-0.3, -0.25) is 10.1 Å². The highest BCUT2D eigenvalue weighted by atomic mass is 35.5. The fourth-order valence-corrected chi connectivity index (χ4v) is 7.02. The maximum Gasteiger partial charge on any atom is 0.289 e. The Morgan fingerprint density at radius 2 is 1.82 bits per heavy atom. The molecule has 3 aromatic rings. The molecule has 0 spiro atoms. The lowest BCUT2D eigenvalue weighted by Crippen LogP contribution is -2.39. The number of benzene rings is 2. The first-order chi connectivity index (χ1) is 16.3. The molecule has 0 amide bonds. The van der Waals surface area contributed by atoms with Crippen molar-refractivity contribution in [3.05, 3.63) is 79.8 Å². The normalized spacial score (nSPS) is 14.9. The molecule has 4 rings (SSSR count). The van der Waals surface area contributed by atoms with E-state index in [1.807, 2.05) is 0 Å². The molecule has 10 heteroatoms. The number of hydrogen-bond acceptors (Lipinski definition) is 7. The molecule has 1 saturated heterocycles. The minimum Gasteiger partial charge on any atom is -0.348 e. The fourth-order valence-electron chi connectivity index (χ4n) is 4.20. The fraction of sp³-hybridized carbons (Fsp3) is 0.375. The Morgan fingerprint density at radius 3 is 2.47 bits per heavy atom. The number of thiazole rings is 1. The van der Waals surface area contributed by atoms with Crippen LogP contribution in [0, 0.1) is 10.1 Å². The van der Waals surface area contributed by atoms with Crippen molar-refractivity contribution in [2.45, 2.75) is 49.2 Å². The molecular weight excluding hydrogens is 494 g/mol. The van der Waals surface area contributed by atoms with Crippen LogP contribution in [-0.2, 0) is 22.7 Å². The van der Waals surface area contributed by atoms with Crippen LogP contribution in [-0.4, -0.2) is 36.7 Å². The van der Waals surface area contributed by atoms with E-state index >= 15 is 0 Å². The number of nitro benzene ring substituents is 1. The largest absolute Gasteiger partial charge is 0.348 e. The zero-order valence-corrected chi connectivity index (χ0v) is 21.2. The third-order valence-electron chi connectivity index (χ3n) is 6.08. The number of piperidine rings is 1. The van der Waals surface area contributed by atoms with Crippen molar-refractivity contribution in [3.63, 3.8) is 0 Å². The number of nitrogens with zero attached hydrogens (tertiary/aromatic N) is 3. The second-order valence-electron chi connectivity index (χ2n) is 8.47. The van der Waals surface area contributed by atoms with E-state index in [-0.39, 0.29) is 9.92 Å². The summed E-state index contributed by atoms with van der Waals surface area (Å²) < 4.78 is 26.2. The molecule has 1 aliphatic rings. The smallest absolute Gasteiger partial charge is 0.289 e. The number of halogens is 1. The number of anilines is 1. The number of nitro groups is 1. The van der Waals surface area contributed by atoms with E-state index in [1.165, 1.54) is 23.3 Å². The van der Waals surface area contributed by atoms with E-state index < -0.39 is 25.7 Å². The van der Waals surface area contributed by atoms with Crippen molar-refractivity contribution >= 4 is 43.6 Å². The molecule has 0 atom stereocenters. The molecule has 34 heavy (non-hydrogen) atoms. The second-order valence-corrected chi connectivity index (χ2v) is 11.9. The number of aryl methyl sites for hydroxylation is 1. The van der Waals surface area contributed by atoms with Gasteiger partial charge in [-0.15, -0.1) is 11.3 Å².